The minimum absolute atomic E-state index is 0.00705. The number of ether oxygens (including phenoxy) is 2. The predicted octanol–water partition coefficient (Wildman–Crippen LogP) is 1.60. The van der Waals surface area contributed by atoms with Gasteiger partial charge in [0.25, 0.3) is 0 Å². The minimum Gasteiger partial charge on any atom is -0.461 e. The van der Waals surface area contributed by atoms with E-state index in [9.17, 15) is 13.2 Å². The van der Waals surface area contributed by atoms with Crippen molar-refractivity contribution in [1.29, 1.82) is 0 Å². The minimum atomic E-state index is -3.38. The van der Waals surface area contributed by atoms with Gasteiger partial charge in [-0.15, -0.1) is 0 Å². The number of esters is 1. The van der Waals surface area contributed by atoms with Crippen LogP contribution in [0.5, 0.6) is 0 Å². The molecule has 0 unspecified atom stereocenters. The maximum atomic E-state index is 12.2. The van der Waals surface area contributed by atoms with Crippen molar-refractivity contribution in [3.05, 3.63) is 35.9 Å². The van der Waals surface area contributed by atoms with E-state index in [1.165, 1.54) is 0 Å². The third-order valence-corrected chi connectivity index (χ3v) is 4.70. The fraction of sp³-hybridized carbons (Fsp3) is 0.611. The summed E-state index contributed by atoms with van der Waals surface area (Å²) in [4.78, 5) is 12.2. The fourth-order valence-corrected chi connectivity index (χ4v) is 2.43. The van der Waals surface area contributed by atoms with E-state index >= 15 is 0 Å². The maximum Gasteiger partial charge on any atom is 0.327 e. The molecule has 0 radical (unpaired) electrons. The second kappa shape index (κ2) is 9.45. The maximum absolute atomic E-state index is 12.2. The van der Waals surface area contributed by atoms with Crippen LogP contribution in [0.1, 0.15) is 39.3 Å². The number of hydrogen-bond donors (Lipinski definition) is 2. The highest BCUT2D eigenvalue weighted by Crippen LogP contribution is 2.23. The molecule has 26 heavy (non-hydrogen) atoms. The molecule has 3 N–H and O–H groups in total. The van der Waals surface area contributed by atoms with Gasteiger partial charge in [-0.1, -0.05) is 51.1 Å². The molecule has 0 bridgehead atoms. The molecule has 0 aromatic heterocycles. The lowest BCUT2D eigenvalue weighted by Gasteiger charge is -2.31. The standard InChI is InChI=1S/C18H30N2O5S/c1-13(18(2,3)4)25-15(11-20-26(5,22)23)12-24-17(21)16(19)14-9-7-6-8-10-14/h6-10,13,15-16,20H,11-12,19H2,1-5H3/t13-,15-,16-/m0/s1. The van der Waals surface area contributed by atoms with Gasteiger partial charge in [-0.3, -0.25) is 0 Å². The Morgan fingerprint density at radius 3 is 2.31 bits per heavy atom. The summed E-state index contributed by atoms with van der Waals surface area (Å²) in [7, 11) is -3.38. The summed E-state index contributed by atoms with van der Waals surface area (Å²) < 4.78 is 36.3. The van der Waals surface area contributed by atoms with E-state index < -0.39 is 28.1 Å². The van der Waals surface area contributed by atoms with Gasteiger partial charge in [-0.25, -0.2) is 17.9 Å². The van der Waals surface area contributed by atoms with Gasteiger partial charge >= 0.3 is 5.97 Å². The zero-order chi connectivity index (χ0) is 20.0. The smallest absolute Gasteiger partial charge is 0.327 e. The van der Waals surface area contributed by atoms with E-state index in [-0.39, 0.29) is 24.7 Å². The van der Waals surface area contributed by atoms with Gasteiger partial charge in [-0.2, -0.15) is 0 Å². The zero-order valence-electron chi connectivity index (χ0n) is 16.1. The molecule has 1 aromatic rings. The molecule has 0 saturated heterocycles. The SMILES string of the molecule is C[C@H](O[C@@H](CNS(C)(=O)=O)COC(=O)[C@@H](N)c1ccccc1)C(C)(C)C. The molecule has 0 heterocycles. The highest BCUT2D eigenvalue weighted by Gasteiger charge is 2.26. The lowest BCUT2D eigenvalue weighted by atomic mass is 9.90. The van der Waals surface area contributed by atoms with Gasteiger partial charge in [0.15, 0.2) is 0 Å². The summed E-state index contributed by atoms with van der Waals surface area (Å²) in [6.45, 7) is 7.84. The van der Waals surface area contributed by atoms with Crippen molar-refractivity contribution in [2.45, 2.75) is 45.9 Å². The van der Waals surface area contributed by atoms with Crippen molar-refractivity contribution in [3.63, 3.8) is 0 Å². The Morgan fingerprint density at radius 1 is 1.23 bits per heavy atom. The van der Waals surface area contributed by atoms with E-state index in [1.807, 2.05) is 33.8 Å². The summed E-state index contributed by atoms with van der Waals surface area (Å²) >= 11 is 0. The van der Waals surface area contributed by atoms with Gasteiger partial charge in [0, 0.05) is 6.54 Å². The Hall–Kier alpha value is -1.48. The lowest BCUT2D eigenvalue weighted by Crippen LogP contribution is -2.41. The van der Waals surface area contributed by atoms with Crippen LogP contribution in [0.3, 0.4) is 0 Å². The largest absolute Gasteiger partial charge is 0.461 e. The van der Waals surface area contributed by atoms with Crippen molar-refractivity contribution in [2.75, 3.05) is 19.4 Å². The second-order valence-corrected chi connectivity index (χ2v) is 9.24. The summed E-state index contributed by atoms with van der Waals surface area (Å²) in [5.74, 6) is -0.590. The Morgan fingerprint density at radius 2 is 1.81 bits per heavy atom. The molecule has 8 heteroatoms. The number of carbonyl (C=O) groups is 1. The Kier molecular flexibility index (Phi) is 8.20. The van der Waals surface area contributed by atoms with Crippen LogP contribution in [0.2, 0.25) is 0 Å². The molecular weight excluding hydrogens is 356 g/mol. The number of nitrogens with one attached hydrogen (secondary N) is 1. The van der Waals surface area contributed by atoms with Crippen molar-refractivity contribution in [2.24, 2.45) is 11.1 Å². The van der Waals surface area contributed by atoms with Crippen LogP contribution in [0.25, 0.3) is 0 Å². The van der Waals surface area contributed by atoms with E-state index in [2.05, 4.69) is 4.72 Å². The zero-order valence-corrected chi connectivity index (χ0v) is 16.9. The predicted molar refractivity (Wildman–Crippen MR) is 101 cm³/mol. The normalized spacial score (nSPS) is 15.9. The highest BCUT2D eigenvalue weighted by molar-refractivity contribution is 7.88. The number of rotatable bonds is 9. The van der Waals surface area contributed by atoms with E-state index in [0.29, 0.717) is 5.56 Å². The molecule has 0 aliphatic rings. The molecule has 148 valence electrons. The molecule has 1 aromatic carbocycles. The van der Waals surface area contributed by atoms with Crippen LogP contribution in [-0.4, -0.2) is 46.0 Å². The summed E-state index contributed by atoms with van der Waals surface area (Å²) in [5, 5.41) is 0. The van der Waals surface area contributed by atoms with Crippen LogP contribution in [-0.2, 0) is 24.3 Å². The van der Waals surface area contributed by atoms with E-state index in [0.717, 1.165) is 6.26 Å². The number of sulfonamides is 1. The van der Waals surface area contributed by atoms with Gasteiger partial charge in [0.2, 0.25) is 10.0 Å². The summed E-state index contributed by atoms with van der Waals surface area (Å²) in [6.07, 6.45) is 0.274. The van der Waals surface area contributed by atoms with E-state index in [4.69, 9.17) is 15.2 Å². The topological polar surface area (TPSA) is 108 Å². The van der Waals surface area contributed by atoms with Crippen molar-refractivity contribution >= 4 is 16.0 Å². The third-order valence-electron chi connectivity index (χ3n) is 4.01. The first kappa shape index (κ1) is 22.6. The molecule has 0 spiro atoms. The second-order valence-electron chi connectivity index (χ2n) is 7.41. The van der Waals surface area contributed by atoms with Crippen molar-refractivity contribution in [3.8, 4) is 0 Å². The first-order valence-electron chi connectivity index (χ1n) is 8.47. The van der Waals surface area contributed by atoms with Crippen LogP contribution >= 0.6 is 0 Å². The Labute approximate surface area is 156 Å². The first-order chi connectivity index (χ1) is 11.9. The molecule has 3 atom stereocenters. The van der Waals surface area contributed by atoms with Gasteiger partial charge in [-0.05, 0) is 17.9 Å². The number of nitrogens with two attached hydrogens (primary N) is 1. The lowest BCUT2D eigenvalue weighted by molar-refractivity contribution is -0.152. The summed E-state index contributed by atoms with van der Waals surface area (Å²) in [6, 6.07) is 7.99. The molecule has 0 aliphatic heterocycles. The first-order valence-corrected chi connectivity index (χ1v) is 10.4. The van der Waals surface area contributed by atoms with Crippen LogP contribution in [0.15, 0.2) is 30.3 Å². The monoisotopic (exact) mass is 386 g/mol. The van der Waals surface area contributed by atoms with Crippen molar-refractivity contribution < 1.29 is 22.7 Å². The highest BCUT2D eigenvalue weighted by atomic mass is 32.2. The fourth-order valence-electron chi connectivity index (χ4n) is 1.94. The third kappa shape index (κ3) is 8.27. The number of hydrogen-bond acceptors (Lipinski definition) is 6. The Bertz CT molecular complexity index is 671. The molecule has 0 aliphatic carbocycles. The average Bonchev–Trinajstić information content (AvgIpc) is 2.55. The van der Waals surface area contributed by atoms with E-state index in [1.54, 1.807) is 24.3 Å². The Balaban J connectivity index is 2.70. The van der Waals surface area contributed by atoms with Gasteiger partial charge in [0.05, 0.1) is 12.4 Å². The van der Waals surface area contributed by atoms with Gasteiger partial charge in [0.1, 0.15) is 18.8 Å². The summed E-state index contributed by atoms with van der Waals surface area (Å²) in [5.41, 5.74) is 6.41. The molecule has 0 saturated carbocycles. The van der Waals surface area contributed by atoms with Crippen LogP contribution < -0.4 is 10.5 Å². The molecule has 0 fully saturated rings. The molecule has 1 rings (SSSR count). The molecular formula is C18H30N2O5S. The number of benzene rings is 1. The van der Waals surface area contributed by atoms with Crippen LogP contribution in [0.4, 0.5) is 0 Å². The molecule has 0 amide bonds. The molecule has 7 nitrogen and oxygen atoms in total. The quantitative estimate of drug-likeness (QED) is 0.624. The van der Waals surface area contributed by atoms with Gasteiger partial charge < -0.3 is 15.2 Å². The van der Waals surface area contributed by atoms with Crippen LogP contribution in [0, 0.1) is 5.41 Å². The average molecular weight is 387 g/mol. The number of carbonyl (C=O) groups excluding carboxylic acids is 1. The van der Waals surface area contributed by atoms with Crippen molar-refractivity contribution in [1.82, 2.24) is 4.72 Å².